The molecule has 0 radical (unpaired) electrons. The van der Waals surface area contributed by atoms with Gasteiger partial charge in [-0.2, -0.15) is 0 Å². The van der Waals surface area contributed by atoms with Crippen LogP contribution in [0.2, 0.25) is 0 Å². The van der Waals surface area contributed by atoms with Crippen LogP contribution in [-0.4, -0.2) is 17.8 Å². The van der Waals surface area contributed by atoms with E-state index in [1.54, 1.807) is 11.3 Å². The molecule has 0 fully saturated rings. The fraction of sp³-hybridized carbons (Fsp3) is 0.636. The molecule has 0 aliphatic heterocycles. The molecule has 1 aromatic heterocycles. The Balaban J connectivity index is 2.58. The maximum Gasteiger partial charge on any atom is 0.0584 e. The molecule has 0 amide bonds. The van der Waals surface area contributed by atoms with Crippen LogP contribution < -0.4 is 5.32 Å². The van der Waals surface area contributed by atoms with Crippen molar-refractivity contribution in [1.29, 1.82) is 0 Å². The van der Waals surface area contributed by atoms with Gasteiger partial charge in [0.2, 0.25) is 0 Å². The Hall–Kier alpha value is -0.380. The van der Waals surface area contributed by atoms with Crippen LogP contribution >= 0.6 is 11.3 Å². The van der Waals surface area contributed by atoms with Crippen LogP contribution in [0.25, 0.3) is 0 Å². The van der Waals surface area contributed by atoms with E-state index in [4.69, 9.17) is 5.11 Å². The molecular weight excluding hydrogens is 194 g/mol. The van der Waals surface area contributed by atoms with Crippen molar-refractivity contribution in [3.05, 3.63) is 21.9 Å². The van der Waals surface area contributed by atoms with Gasteiger partial charge in [-0.15, -0.1) is 11.3 Å². The van der Waals surface area contributed by atoms with Crippen LogP contribution in [0.1, 0.15) is 36.8 Å². The SMILES string of the molecule is CC[C@H](CO)N[C@@H](C)c1sccc1C. The minimum atomic E-state index is 0.214. The van der Waals surface area contributed by atoms with Gasteiger partial charge >= 0.3 is 0 Å². The Morgan fingerprint density at radius 1 is 1.57 bits per heavy atom. The molecule has 1 aromatic rings. The standard InChI is InChI=1S/C11H19NOS/c1-4-10(7-13)12-9(3)11-8(2)5-6-14-11/h5-6,9-10,12-13H,4,7H2,1-3H3/t9-,10+/m0/s1. The second-order valence-corrected chi connectivity index (χ2v) is 4.59. The summed E-state index contributed by atoms with van der Waals surface area (Å²) < 4.78 is 0. The van der Waals surface area contributed by atoms with E-state index in [1.165, 1.54) is 10.4 Å². The van der Waals surface area contributed by atoms with E-state index in [9.17, 15) is 0 Å². The molecule has 1 heterocycles. The van der Waals surface area contributed by atoms with Gasteiger partial charge in [0.15, 0.2) is 0 Å². The van der Waals surface area contributed by atoms with Crippen LogP contribution in [0.3, 0.4) is 0 Å². The van der Waals surface area contributed by atoms with Gasteiger partial charge < -0.3 is 10.4 Å². The van der Waals surface area contributed by atoms with Gasteiger partial charge in [0.25, 0.3) is 0 Å². The van der Waals surface area contributed by atoms with Crippen molar-refractivity contribution in [2.24, 2.45) is 0 Å². The largest absolute Gasteiger partial charge is 0.395 e. The highest BCUT2D eigenvalue weighted by atomic mass is 32.1. The van der Waals surface area contributed by atoms with Crippen molar-refractivity contribution in [2.75, 3.05) is 6.61 Å². The van der Waals surface area contributed by atoms with Crippen molar-refractivity contribution in [3.8, 4) is 0 Å². The third kappa shape index (κ3) is 2.80. The predicted octanol–water partition coefficient (Wildman–Crippen LogP) is 2.48. The van der Waals surface area contributed by atoms with E-state index in [0.717, 1.165) is 6.42 Å². The van der Waals surface area contributed by atoms with Gasteiger partial charge in [-0.1, -0.05) is 6.92 Å². The van der Waals surface area contributed by atoms with Gasteiger partial charge in [0, 0.05) is 17.0 Å². The van der Waals surface area contributed by atoms with E-state index in [0.29, 0.717) is 6.04 Å². The summed E-state index contributed by atoms with van der Waals surface area (Å²) in [5.41, 5.74) is 1.34. The molecular formula is C11H19NOS. The zero-order valence-corrected chi connectivity index (χ0v) is 9.90. The number of nitrogens with one attached hydrogen (secondary N) is 1. The summed E-state index contributed by atoms with van der Waals surface area (Å²) in [6, 6.07) is 2.69. The fourth-order valence-electron chi connectivity index (χ4n) is 1.56. The number of rotatable bonds is 5. The normalized spacial score (nSPS) is 15.4. The predicted molar refractivity (Wildman–Crippen MR) is 61.8 cm³/mol. The number of hydrogen-bond acceptors (Lipinski definition) is 3. The minimum Gasteiger partial charge on any atom is -0.395 e. The quantitative estimate of drug-likeness (QED) is 0.787. The smallest absolute Gasteiger partial charge is 0.0584 e. The molecule has 0 aliphatic rings. The average Bonchev–Trinajstić information content (AvgIpc) is 2.60. The van der Waals surface area contributed by atoms with Crippen LogP contribution in [0.5, 0.6) is 0 Å². The summed E-state index contributed by atoms with van der Waals surface area (Å²) in [6.45, 7) is 6.58. The first-order valence-electron chi connectivity index (χ1n) is 5.10. The highest BCUT2D eigenvalue weighted by molar-refractivity contribution is 7.10. The summed E-state index contributed by atoms with van der Waals surface area (Å²) in [7, 11) is 0. The zero-order valence-electron chi connectivity index (χ0n) is 9.08. The van der Waals surface area contributed by atoms with Gasteiger partial charge in [-0.05, 0) is 37.3 Å². The third-order valence-electron chi connectivity index (χ3n) is 2.49. The minimum absolute atomic E-state index is 0.214. The molecule has 0 aliphatic carbocycles. The van der Waals surface area contributed by atoms with Crippen molar-refractivity contribution in [1.82, 2.24) is 5.32 Å². The van der Waals surface area contributed by atoms with E-state index in [1.807, 2.05) is 0 Å². The van der Waals surface area contributed by atoms with Crippen molar-refractivity contribution in [2.45, 2.75) is 39.3 Å². The first-order valence-corrected chi connectivity index (χ1v) is 5.97. The molecule has 80 valence electrons. The summed E-state index contributed by atoms with van der Waals surface area (Å²) in [4.78, 5) is 1.37. The maximum atomic E-state index is 9.08. The molecule has 2 atom stereocenters. The second kappa shape index (κ2) is 5.49. The van der Waals surface area contributed by atoms with Gasteiger partial charge in [-0.3, -0.25) is 0 Å². The molecule has 1 rings (SSSR count). The molecule has 3 heteroatoms. The van der Waals surface area contributed by atoms with Crippen LogP contribution in [-0.2, 0) is 0 Å². The van der Waals surface area contributed by atoms with E-state index < -0.39 is 0 Å². The molecule has 2 N–H and O–H groups in total. The highest BCUT2D eigenvalue weighted by Gasteiger charge is 2.13. The van der Waals surface area contributed by atoms with E-state index in [-0.39, 0.29) is 12.6 Å². The Bertz CT molecular complexity index is 268. The van der Waals surface area contributed by atoms with Crippen LogP contribution in [0.15, 0.2) is 11.4 Å². The molecule has 0 bridgehead atoms. The Morgan fingerprint density at radius 2 is 2.29 bits per heavy atom. The first-order chi connectivity index (χ1) is 6.69. The second-order valence-electron chi connectivity index (χ2n) is 3.64. The molecule has 14 heavy (non-hydrogen) atoms. The highest BCUT2D eigenvalue weighted by Crippen LogP contribution is 2.23. The lowest BCUT2D eigenvalue weighted by Crippen LogP contribution is -2.33. The Morgan fingerprint density at radius 3 is 2.71 bits per heavy atom. The number of aryl methyl sites for hydroxylation is 1. The zero-order chi connectivity index (χ0) is 10.6. The molecule has 2 nitrogen and oxygen atoms in total. The van der Waals surface area contributed by atoms with Crippen LogP contribution in [0, 0.1) is 6.92 Å². The molecule has 0 spiro atoms. The lowest BCUT2D eigenvalue weighted by Gasteiger charge is -2.20. The van der Waals surface area contributed by atoms with Crippen molar-refractivity contribution >= 4 is 11.3 Å². The molecule has 0 unspecified atom stereocenters. The summed E-state index contributed by atoms with van der Waals surface area (Å²) in [5, 5.41) is 14.6. The summed E-state index contributed by atoms with van der Waals surface area (Å²) in [5.74, 6) is 0. The van der Waals surface area contributed by atoms with E-state index >= 15 is 0 Å². The first kappa shape index (κ1) is 11.7. The maximum absolute atomic E-state index is 9.08. The summed E-state index contributed by atoms with van der Waals surface area (Å²) in [6.07, 6.45) is 0.964. The average molecular weight is 213 g/mol. The van der Waals surface area contributed by atoms with Crippen molar-refractivity contribution < 1.29 is 5.11 Å². The fourth-order valence-corrected chi connectivity index (χ4v) is 2.50. The van der Waals surface area contributed by atoms with Gasteiger partial charge in [-0.25, -0.2) is 0 Å². The lowest BCUT2D eigenvalue weighted by atomic mass is 10.1. The monoisotopic (exact) mass is 213 g/mol. The Kier molecular flexibility index (Phi) is 4.58. The number of thiophene rings is 1. The topological polar surface area (TPSA) is 32.3 Å². The number of hydrogen-bond donors (Lipinski definition) is 2. The molecule has 0 aromatic carbocycles. The Labute approximate surface area is 90.0 Å². The van der Waals surface area contributed by atoms with E-state index in [2.05, 4.69) is 37.5 Å². The number of aliphatic hydroxyl groups excluding tert-OH is 1. The van der Waals surface area contributed by atoms with Gasteiger partial charge in [0.1, 0.15) is 0 Å². The summed E-state index contributed by atoms with van der Waals surface area (Å²) >= 11 is 1.78. The molecule has 0 saturated heterocycles. The third-order valence-corrected chi connectivity index (χ3v) is 3.70. The van der Waals surface area contributed by atoms with Crippen LogP contribution in [0.4, 0.5) is 0 Å². The van der Waals surface area contributed by atoms with Crippen molar-refractivity contribution in [3.63, 3.8) is 0 Å². The molecule has 0 saturated carbocycles. The lowest BCUT2D eigenvalue weighted by molar-refractivity contribution is 0.230. The van der Waals surface area contributed by atoms with Gasteiger partial charge in [0.05, 0.1) is 6.61 Å². The number of aliphatic hydroxyl groups is 1.